The van der Waals surface area contributed by atoms with Gasteiger partial charge in [0.05, 0.1) is 6.20 Å². The van der Waals surface area contributed by atoms with Gasteiger partial charge in [-0.2, -0.15) is 5.26 Å². The molecule has 0 saturated heterocycles. The SMILES string of the molecule is N#CN1C=C(F)C(Cl)=NC1Cl. The fourth-order valence-electron chi connectivity index (χ4n) is 0.531. The number of aliphatic imine (C=N–C) groups is 1. The Morgan fingerprint density at radius 2 is 2.45 bits per heavy atom. The Balaban J connectivity index is 2.90. The first-order valence-corrected chi connectivity index (χ1v) is 3.39. The second kappa shape index (κ2) is 3.07. The molecule has 11 heavy (non-hydrogen) atoms. The maximum absolute atomic E-state index is 12.5. The summed E-state index contributed by atoms with van der Waals surface area (Å²) in [5, 5.41) is 8.02. The lowest BCUT2D eigenvalue weighted by atomic mass is 10.5. The normalized spacial score (nSPS) is 23.8. The summed E-state index contributed by atoms with van der Waals surface area (Å²) in [4.78, 5) is 4.27. The van der Waals surface area contributed by atoms with Crippen molar-refractivity contribution in [2.24, 2.45) is 4.99 Å². The van der Waals surface area contributed by atoms with Gasteiger partial charge < -0.3 is 0 Å². The maximum atomic E-state index is 12.5. The van der Waals surface area contributed by atoms with Crippen molar-refractivity contribution in [1.29, 1.82) is 5.26 Å². The van der Waals surface area contributed by atoms with Gasteiger partial charge in [0, 0.05) is 0 Å². The monoisotopic (exact) mass is 193 g/mol. The molecule has 0 aromatic carbocycles. The molecule has 1 aliphatic heterocycles. The first kappa shape index (κ1) is 8.31. The minimum absolute atomic E-state index is 0.309. The molecule has 0 fully saturated rings. The highest BCUT2D eigenvalue weighted by molar-refractivity contribution is 6.69. The third-order valence-corrected chi connectivity index (χ3v) is 1.60. The van der Waals surface area contributed by atoms with E-state index in [2.05, 4.69) is 4.99 Å². The number of nitriles is 1. The van der Waals surface area contributed by atoms with Crippen LogP contribution in [0.3, 0.4) is 0 Å². The first-order valence-electron chi connectivity index (χ1n) is 2.58. The average molecular weight is 194 g/mol. The molecule has 0 amide bonds. The van der Waals surface area contributed by atoms with Crippen LogP contribution in [0.15, 0.2) is 17.0 Å². The van der Waals surface area contributed by atoms with Gasteiger partial charge >= 0.3 is 0 Å². The topological polar surface area (TPSA) is 39.4 Å². The van der Waals surface area contributed by atoms with E-state index in [4.69, 9.17) is 28.5 Å². The van der Waals surface area contributed by atoms with Crippen LogP contribution in [0.25, 0.3) is 0 Å². The molecular weight excluding hydrogens is 192 g/mol. The Kier molecular flexibility index (Phi) is 2.32. The zero-order valence-electron chi connectivity index (χ0n) is 5.13. The van der Waals surface area contributed by atoms with E-state index >= 15 is 0 Å². The molecule has 1 atom stereocenters. The van der Waals surface area contributed by atoms with E-state index in [1.165, 1.54) is 0 Å². The summed E-state index contributed by atoms with van der Waals surface area (Å²) < 4.78 is 12.5. The Bertz CT molecular complexity index is 267. The third kappa shape index (κ3) is 1.62. The van der Waals surface area contributed by atoms with Gasteiger partial charge in [-0.1, -0.05) is 23.2 Å². The summed E-state index contributed by atoms with van der Waals surface area (Å²) in [6.45, 7) is 0. The highest BCUT2D eigenvalue weighted by Gasteiger charge is 2.19. The lowest BCUT2D eigenvalue weighted by Gasteiger charge is -2.17. The van der Waals surface area contributed by atoms with E-state index in [0.717, 1.165) is 11.1 Å². The molecule has 1 heterocycles. The Morgan fingerprint density at radius 1 is 1.82 bits per heavy atom. The Labute approximate surface area is 72.3 Å². The van der Waals surface area contributed by atoms with Crippen LogP contribution in [-0.4, -0.2) is 15.7 Å². The van der Waals surface area contributed by atoms with Crippen molar-refractivity contribution < 1.29 is 4.39 Å². The van der Waals surface area contributed by atoms with Crippen LogP contribution in [0.2, 0.25) is 0 Å². The molecule has 0 aromatic heterocycles. The smallest absolute Gasteiger partial charge is 0.211 e. The highest BCUT2D eigenvalue weighted by Crippen LogP contribution is 2.18. The van der Waals surface area contributed by atoms with Crippen molar-refractivity contribution in [1.82, 2.24) is 4.90 Å². The molecule has 0 bridgehead atoms. The van der Waals surface area contributed by atoms with Crippen LogP contribution in [-0.2, 0) is 0 Å². The van der Waals surface area contributed by atoms with E-state index in [1.807, 2.05) is 0 Å². The first-order chi connectivity index (χ1) is 5.15. The van der Waals surface area contributed by atoms with Crippen LogP contribution in [0, 0.1) is 11.5 Å². The van der Waals surface area contributed by atoms with Gasteiger partial charge in [0.25, 0.3) is 0 Å². The molecule has 3 nitrogen and oxygen atoms in total. The van der Waals surface area contributed by atoms with Gasteiger partial charge in [-0.3, -0.25) is 0 Å². The van der Waals surface area contributed by atoms with E-state index in [-0.39, 0.29) is 5.17 Å². The predicted octanol–water partition coefficient (Wildman–Crippen LogP) is 1.75. The Hall–Kier alpha value is -0.790. The number of hydrogen-bond acceptors (Lipinski definition) is 3. The van der Waals surface area contributed by atoms with Gasteiger partial charge in [0.1, 0.15) is 0 Å². The number of nitrogens with zero attached hydrogens (tertiary/aromatic N) is 3. The average Bonchev–Trinajstić information content (AvgIpc) is 1.97. The van der Waals surface area contributed by atoms with Crippen molar-refractivity contribution in [3.8, 4) is 6.19 Å². The van der Waals surface area contributed by atoms with Crippen LogP contribution in [0.5, 0.6) is 0 Å². The van der Waals surface area contributed by atoms with Crippen molar-refractivity contribution in [3.63, 3.8) is 0 Å². The summed E-state index contributed by atoms with van der Waals surface area (Å²) in [6, 6.07) is 0. The summed E-state index contributed by atoms with van der Waals surface area (Å²) in [7, 11) is 0. The molecule has 0 spiro atoms. The molecule has 58 valence electrons. The number of alkyl halides is 1. The molecule has 0 N–H and O–H groups in total. The third-order valence-electron chi connectivity index (χ3n) is 1.01. The number of halogens is 3. The zero-order chi connectivity index (χ0) is 8.43. The molecule has 6 heteroatoms. The van der Waals surface area contributed by atoms with Crippen LogP contribution >= 0.6 is 23.2 Å². The minimum Gasteiger partial charge on any atom is -0.246 e. The fraction of sp³-hybridized carbons (Fsp3) is 0.200. The summed E-state index contributed by atoms with van der Waals surface area (Å²) in [6.07, 6.45) is 2.52. The lowest BCUT2D eigenvalue weighted by molar-refractivity contribution is 0.467. The van der Waals surface area contributed by atoms with Crippen LogP contribution in [0.4, 0.5) is 4.39 Å². The zero-order valence-corrected chi connectivity index (χ0v) is 6.64. The highest BCUT2D eigenvalue weighted by atomic mass is 35.5. The van der Waals surface area contributed by atoms with E-state index in [1.54, 1.807) is 6.19 Å². The van der Waals surface area contributed by atoms with Crippen molar-refractivity contribution in [2.75, 3.05) is 0 Å². The summed E-state index contributed by atoms with van der Waals surface area (Å²) in [5.74, 6) is -0.759. The van der Waals surface area contributed by atoms with Crippen LogP contribution < -0.4 is 0 Å². The van der Waals surface area contributed by atoms with Gasteiger partial charge in [0.2, 0.25) is 5.62 Å². The molecule has 0 aliphatic carbocycles. The molecule has 1 rings (SSSR count). The number of hydrogen-bond donors (Lipinski definition) is 0. The quantitative estimate of drug-likeness (QED) is 0.334. The molecule has 1 aliphatic rings. The second-order valence-corrected chi connectivity index (χ2v) is 2.46. The predicted molar refractivity (Wildman–Crippen MR) is 39.6 cm³/mol. The standard InChI is InChI=1S/C5H2Cl2FN3/c6-4-3(8)1-11(2-9)5(7)10-4/h1,5H. The van der Waals surface area contributed by atoms with Gasteiger partial charge in [0.15, 0.2) is 17.2 Å². The van der Waals surface area contributed by atoms with E-state index in [0.29, 0.717) is 0 Å². The number of rotatable bonds is 0. The second-order valence-electron chi connectivity index (χ2n) is 1.71. The fourth-order valence-corrected chi connectivity index (χ4v) is 0.920. The molecule has 0 radical (unpaired) electrons. The lowest BCUT2D eigenvalue weighted by Crippen LogP contribution is -2.24. The van der Waals surface area contributed by atoms with Gasteiger partial charge in [-0.05, 0) is 0 Å². The molecule has 1 unspecified atom stereocenters. The van der Waals surface area contributed by atoms with E-state index < -0.39 is 11.5 Å². The summed E-state index contributed by atoms with van der Waals surface area (Å²) >= 11 is 10.7. The summed E-state index contributed by atoms with van der Waals surface area (Å²) in [5.41, 5.74) is -0.938. The van der Waals surface area contributed by atoms with Gasteiger partial charge in [-0.25, -0.2) is 14.3 Å². The van der Waals surface area contributed by atoms with Crippen molar-refractivity contribution >= 4 is 28.4 Å². The van der Waals surface area contributed by atoms with Crippen molar-refractivity contribution in [2.45, 2.75) is 5.62 Å². The molecule has 0 aromatic rings. The molecule has 0 saturated carbocycles. The van der Waals surface area contributed by atoms with E-state index in [9.17, 15) is 4.39 Å². The Morgan fingerprint density at radius 3 is 3.00 bits per heavy atom. The maximum Gasteiger partial charge on any atom is 0.211 e. The van der Waals surface area contributed by atoms with Gasteiger partial charge in [-0.15, -0.1) is 0 Å². The van der Waals surface area contributed by atoms with Crippen LogP contribution in [0.1, 0.15) is 0 Å². The molecular formula is C5H2Cl2FN3. The minimum atomic E-state index is -0.938. The number of allylic oxidation sites excluding steroid dienone is 1. The van der Waals surface area contributed by atoms with Crippen molar-refractivity contribution in [3.05, 3.63) is 12.0 Å². The largest absolute Gasteiger partial charge is 0.246 e.